The van der Waals surface area contributed by atoms with E-state index in [4.69, 9.17) is 11.6 Å². The number of carbonyl (C=O) groups excluding carboxylic acids is 1. The lowest BCUT2D eigenvalue weighted by atomic mass is 10.1. The van der Waals surface area contributed by atoms with Crippen molar-refractivity contribution in [1.29, 1.82) is 0 Å². The number of halogens is 1. The molecule has 0 saturated heterocycles. The number of benzene rings is 1. The number of carbonyl (C=O) groups is 1. The van der Waals surface area contributed by atoms with Crippen LogP contribution in [0.5, 0.6) is 0 Å². The van der Waals surface area contributed by atoms with Gasteiger partial charge in [-0.3, -0.25) is 4.79 Å². The molecule has 0 unspecified atom stereocenters. The smallest absolute Gasteiger partial charge is 0.252 e. The Morgan fingerprint density at radius 3 is 2.56 bits per heavy atom. The Balaban J connectivity index is 3.31. The van der Waals surface area contributed by atoms with E-state index in [0.29, 0.717) is 5.56 Å². The summed E-state index contributed by atoms with van der Waals surface area (Å²) in [5.74, 6) is 0. The minimum Gasteiger partial charge on any atom is -0.276 e. The van der Waals surface area contributed by atoms with Crippen molar-refractivity contribution in [3.05, 3.63) is 35.4 Å². The highest BCUT2D eigenvalue weighted by molar-refractivity contribution is 7.90. The van der Waals surface area contributed by atoms with Crippen LogP contribution in [0.25, 0.3) is 6.08 Å². The number of sulfone groups is 1. The van der Waals surface area contributed by atoms with Crippen LogP contribution in [-0.4, -0.2) is 19.9 Å². The maximum atomic E-state index is 11.7. The van der Waals surface area contributed by atoms with Crippen LogP contribution in [0.3, 0.4) is 0 Å². The zero-order valence-electron chi connectivity index (χ0n) is 10.3. The Kier molecular flexibility index (Phi) is 5.11. The van der Waals surface area contributed by atoms with Gasteiger partial charge in [0.1, 0.15) is 0 Å². The fourth-order valence-electron chi connectivity index (χ4n) is 1.49. The molecule has 0 aliphatic carbocycles. The highest BCUT2D eigenvalue weighted by Crippen LogP contribution is 2.20. The lowest BCUT2D eigenvalue weighted by Crippen LogP contribution is -2.02. The molecule has 0 saturated carbocycles. The van der Waals surface area contributed by atoms with Crippen molar-refractivity contribution in [2.75, 3.05) is 6.26 Å². The van der Waals surface area contributed by atoms with Gasteiger partial charge >= 0.3 is 0 Å². The molecule has 0 radical (unpaired) electrons. The van der Waals surface area contributed by atoms with Crippen LogP contribution in [0.4, 0.5) is 0 Å². The molecule has 0 N–H and O–H groups in total. The molecule has 0 bridgehead atoms. The molecule has 98 valence electrons. The van der Waals surface area contributed by atoms with Crippen LogP contribution >= 0.6 is 11.6 Å². The summed E-state index contributed by atoms with van der Waals surface area (Å²) in [4.78, 5) is 11.2. The van der Waals surface area contributed by atoms with Crippen molar-refractivity contribution in [1.82, 2.24) is 0 Å². The van der Waals surface area contributed by atoms with Crippen molar-refractivity contribution in [3.63, 3.8) is 0 Å². The SMILES string of the molecule is CCC/C=C/c1ccc(C(=O)Cl)cc1S(C)(=O)=O. The normalized spacial score (nSPS) is 11.9. The topological polar surface area (TPSA) is 51.2 Å². The van der Waals surface area contributed by atoms with Crippen molar-refractivity contribution >= 4 is 32.8 Å². The fraction of sp³-hybridized carbons (Fsp3) is 0.308. The van der Waals surface area contributed by atoms with E-state index < -0.39 is 15.1 Å². The summed E-state index contributed by atoms with van der Waals surface area (Å²) < 4.78 is 23.3. The van der Waals surface area contributed by atoms with Crippen molar-refractivity contribution in [2.24, 2.45) is 0 Å². The van der Waals surface area contributed by atoms with Gasteiger partial charge in [-0.25, -0.2) is 8.42 Å². The summed E-state index contributed by atoms with van der Waals surface area (Å²) in [5.41, 5.74) is 0.761. The van der Waals surface area contributed by atoms with E-state index in [-0.39, 0.29) is 10.5 Å². The van der Waals surface area contributed by atoms with Crippen LogP contribution in [0, 0.1) is 0 Å². The molecule has 18 heavy (non-hydrogen) atoms. The Morgan fingerprint density at radius 2 is 2.06 bits per heavy atom. The molecule has 0 heterocycles. The molecule has 0 aromatic heterocycles. The van der Waals surface area contributed by atoms with Gasteiger partial charge in [0.15, 0.2) is 9.84 Å². The van der Waals surface area contributed by atoms with Gasteiger partial charge in [-0.2, -0.15) is 0 Å². The quantitative estimate of drug-likeness (QED) is 0.781. The van der Waals surface area contributed by atoms with E-state index in [0.717, 1.165) is 19.1 Å². The van der Waals surface area contributed by atoms with E-state index >= 15 is 0 Å². The fourth-order valence-corrected chi connectivity index (χ4v) is 2.52. The lowest BCUT2D eigenvalue weighted by Gasteiger charge is -2.05. The van der Waals surface area contributed by atoms with Gasteiger partial charge in [-0.1, -0.05) is 31.6 Å². The van der Waals surface area contributed by atoms with Crippen LogP contribution < -0.4 is 0 Å². The van der Waals surface area contributed by atoms with Gasteiger partial charge in [-0.15, -0.1) is 0 Å². The monoisotopic (exact) mass is 286 g/mol. The third-order valence-corrected chi connectivity index (χ3v) is 3.76. The van der Waals surface area contributed by atoms with E-state index in [9.17, 15) is 13.2 Å². The minimum absolute atomic E-state index is 0.126. The van der Waals surface area contributed by atoms with Gasteiger partial charge in [0, 0.05) is 11.8 Å². The zero-order valence-corrected chi connectivity index (χ0v) is 11.9. The van der Waals surface area contributed by atoms with E-state index in [2.05, 4.69) is 0 Å². The number of allylic oxidation sites excluding steroid dienone is 1. The molecule has 0 aliphatic rings. The molecule has 0 fully saturated rings. The maximum Gasteiger partial charge on any atom is 0.252 e. The molecule has 0 aliphatic heterocycles. The maximum absolute atomic E-state index is 11.7. The Hall–Kier alpha value is -1.13. The Morgan fingerprint density at radius 1 is 1.39 bits per heavy atom. The first-order valence-electron chi connectivity index (χ1n) is 5.56. The van der Waals surface area contributed by atoms with Crippen LogP contribution in [0.2, 0.25) is 0 Å². The van der Waals surface area contributed by atoms with E-state index in [1.807, 2.05) is 13.0 Å². The minimum atomic E-state index is -3.39. The van der Waals surface area contributed by atoms with Crippen LogP contribution in [0.15, 0.2) is 29.2 Å². The molecule has 0 atom stereocenters. The molecule has 1 aromatic rings. The van der Waals surface area contributed by atoms with Crippen molar-refractivity contribution in [2.45, 2.75) is 24.7 Å². The number of rotatable bonds is 5. The third-order valence-electron chi connectivity index (χ3n) is 2.39. The van der Waals surface area contributed by atoms with Crippen molar-refractivity contribution in [3.8, 4) is 0 Å². The molecule has 1 rings (SSSR count). The number of hydrogen-bond acceptors (Lipinski definition) is 3. The summed E-state index contributed by atoms with van der Waals surface area (Å²) >= 11 is 5.35. The van der Waals surface area contributed by atoms with Crippen molar-refractivity contribution < 1.29 is 13.2 Å². The second-order valence-electron chi connectivity index (χ2n) is 3.99. The Bertz CT molecular complexity index is 574. The summed E-state index contributed by atoms with van der Waals surface area (Å²) in [7, 11) is -3.39. The molecule has 0 amide bonds. The average Bonchev–Trinajstić information content (AvgIpc) is 2.28. The molecular formula is C13H15ClO3S. The molecule has 5 heteroatoms. The second-order valence-corrected chi connectivity index (χ2v) is 6.32. The van der Waals surface area contributed by atoms with Gasteiger partial charge in [0.2, 0.25) is 0 Å². The summed E-state index contributed by atoms with van der Waals surface area (Å²) in [6, 6.07) is 4.43. The summed E-state index contributed by atoms with van der Waals surface area (Å²) in [5, 5.41) is -0.663. The Labute approximate surface area is 112 Å². The molecular weight excluding hydrogens is 272 g/mol. The van der Waals surface area contributed by atoms with Gasteiger partial charge in [0.05, 0.1) is 4.90 Å². The highest BCUT2D eigenvalue weighted by atomic mass is 35.5. The average molecular weight is 287 g/mol. The van der Waals surface area contributed by atoms with Crippen LogP contribution in [0.1, 0.15) is 35.7 Å². The lowest BCUT2D eigenvalue weighted by molar-refractivity contribution is 0.108. The van der Waals surface area contributed by atoms with Gasteiger partial charge < -0.3 is 0 Å². The number of hydrogen-bond donors (Lipinski definition) is 0. The summed E-state index contributed by atoms with van der Waals surface area (Å²) in [6.07, 6.45) is 6.64. The third kappa shape index (κ3) is 3.96. The first-order chi connectivity index (χ1) is 8.36. The van der Waals surface area contributed by atoms with Crippen LogP contribution in [-0.2, 0) is 9.84 Å². The van der Waals surface area contributed by atoms with Gasteiger partial charge in [0.25, 0.3) is 5.24 Å². The first kappa shape index (κ1) is 14.9. The van der Waals surface area contributed by atoms with Gasteiger partial charge in [-0.05, 0) is 35.7 Å². The summed E-state index contributed by atoms with van der Waals surface area (Å²) in [6.45, 7) is 2.04. The standard InChI is InChI=1S/C13H15ClO3S/c1-3-4-5-6-10-7-8-11(13(14)15)9-12(10)18(2,16)17/h5-9H,3-4H2,1-2H3/b6-5+. The number of unbranched alkanes of at least 4 members (excludes halogenated alkanes) is 1. The second kappa shape index (κ2) is 6.16. The predicted molar refractivity (Wildman–Crippen MR) is 73.7 cm³/mol. The molecule has 3 nitrogen and oxygen atoms in total. The zero-order chi connectivity index (χ0) is 13.8. The largest absolute Gasteiger partial charge is 0.276 e. The van der Waals surface area contributed by atoms with E-state index in [1.165, 1.54) is 12.1 Å². The predicted octanol–water partition coefficient (Wildman–Crippen LogP) is 3.28. The molecule has 1 aromatic carbocycles. The van der Waals surface area contributed by atoms with E-state index in [1.54, 1.807) is 12.1 Å². The highest BCUT2D eigenvalue weighted by Gasteiger charge is 2.14. The molecule has 0 spiro atoms. The first-order valence-corrected chi connectivity index (χ1v) is 7.83.